The molecule has 0 saturated heterocycles. The molecule has 1 heterocycles. The maximum absolute atomic E-state index is 11.1. The summed E-state index contributed by atoms with van der Waals surface area (Å²) in [5.74, 6) is 0.751. The number of carbonyl (C=O) groups is 1. The minimum Gasteiger partial charge on any atom is -0.478 e. The number of aromatic carboxylic acids is 1. The molecule has 0 aliphatic rings. The number of aryl methyl sites for hydroxylation is 1. The van der Waals surface area contributed by atoms with Gasteiger partial charge in [-0.05, 0) is 24.1 Å². The first-order chi connectivity index (χ1) is 9.60. The summed E-state index contributed by atoms with van der Waals surface area (Å²) in [6.07, 6.45) is 3.10. The van der Waals surface area contributed by atoms with Crippen molar-refractivity contribution in [3.63, 3.8) is 0 Å². The molecule has 0 bridgehead atoms. The third-order valence-corrected chi connectivity index (χ3v) is 3.99. The van der Waals surface area contributed by atoms with Gasteiger partial charge in [0.2, 0.25) is 0 Å². The Morgan fingerprint density at radius 2 is 2.00 bits per heavy atom. The smallest absolute Gasteiger partial charge is 0.335 e. The van der Waals surface area contributed by atoms with Crippen molar-refractivity contribution < 1.29 is 9.90 Å². The monoisotopic (exact) mass is 274 g/mol. The molecule has 0 saturated carbocycles. The van der Waals surface area contributed by atoms with E-state index in [1.165, 1.54) is 0 Å². The number of nitrogens with zero attached hydrogens (tertiary/aromatic N) is 2. The van der Waals surface area contributed by atoms with Gasteiger partial charge in [-0.15, -0.1) is 0 Å². The first-order valence-corrected chi connectivity index (χ1v) is 7.33. The van der Waals surface area contributed by atoms with Crippen LogP contribution in [0.1, 0.15) is 49.8 Å². The van der Waals surface area contributed by atoms with Gasteiger partial charge in [-0.1, -0.05) is 33.6 Å². The molecule has 0 aliphatic heterocycles. The van der Waals surface area contributed by atoms with E-state index in [-0.39, 0.29) is 0 Å². The number of hydrogen-bond acceptors (Lipinski definition) is 2. The molecule has 4 nitrogen and oxygen atoms in total. The second kappa shape index (κ2) is 6.07. The third-order valence-electron chi connectivity index (χ3n) is 3.99. The second-order valence-electron chi connectivity index (χ2n) is 5.18. The van der Waals surface area contributed by atoms with Crippen molar-refractivity contribution in [2.24, 2.45) is 5.92 Å². The summed E-state index contributed by atoms with van der Waals surface area (Å²) < 4.78 is 2.19. The van der Waals surface area contributed by atoms with Gasteiger partial charge in [-0.2, -0.15) is 0 Å². The molecule has 0 amide bonds. The molecule has 1 aromatic carbocycles. The zero-order valence-corrected chi connectivity index (χ0v) is 12.4. The van der Waals surface area contributed by atoms with Gasteiger partial charge in [0.15, 0.2) is 0 Å². The van der Waals surface area contributed by atoms with E-state index in [0.717, 1.165) is 42.7 Å². The number of aromatic nitrogens is 2. The quantitative estimate of drug-likeness (QED) is 0.873. The SMILES string of the molecule is CCc1nc2ccc(C(=O)O)cc2n1CC(CC)CC. The van der Waals surface area contributed by atoms with E-state index in [1.807, 2.05) is 0 Å². The third kappa shape index (κ3) is 2.69. The molecule has 4 heteroatoms. The van der Waals surface area contributed by atoms with Crippen molar-refractivity contribution in [2.45, 2.75) is 46.6 Å². The van der Waals surface area contributed by atoms with Crippen LogP contribution in [0, 0.1) is 5.92 Å². The molecule has 0 atom stereocenters. The van der Waals surface area contributed by atoms with E-state index < -0.39 is 5.97 Å². The maximum Gasteiger partial charge on any atom is 0.335 e. The number of hydrogen-bond donors (Lipinski definition) is 1. The van der Waals surface area contributed by atoms with Crippen molar-refractivity contribution >= 4 is 17.0 Å². The van der Waals surface area contributed by atoms with Crippen LogP contribution >= 0.6 is 0 Å². The molecule has 0 unspecified atom stereocenters. The maximum atomic E-state index is 11.1. The molecule has 1 aromatic heterocycles. The Kier molecular flexibility index (Phi) is 4.42. The lowest BCUT2D eigenvalue weighted by Gasteiger charge is -2.16. The van der Waals surface area contributed by atoms with E-state index in [9.17, 15) is 4.79 Å². The molecule has 0 fully saturated rings. The molecule has 0 radical (unpaired) electrons. The summed E-state index contributed by atoms with van der Waals surface area (Å²) in [7, 11) is 0. The van der Waals surface area contributed by atoms with Gasteiger partial charge >= 0.3 is 5.97 Å². The Morgan fingerprint density at radius 3 is 2.55 bits per heavy atom. The van der Waals surface area contributed by atoms with Crippen LogP contribution in [0.25, 0.3) is 11.0 Å². The van der Waals surface area contributed by atoms with Crippen LogP contribution in [0.4, 0.5) is 0 Å². The molecule has 0 aliphatic carbocycles. The first kappa shape index (κ1) is 14.6. The van der Waals surface area contributed by atoms with Crippen LogP contribution < -0.4 is 0 Å². The van der Waals surface area contributed by atoms with Crippen LogP contribution in [-0.2, 0) is 13.0 Å². The predicted octanol–water partition coefficient (Wildman–Crippen LogP) is 3.73. The minimum atomic E-state index is -0.889. The van der Waals surface area contributed by atoms with E-state index >= 15 is 0 Å². The van der Waals surface area contributed by atoms with Gasteiger partial charge in [0.1, 0.15) is 5.82 Å². The van der Waals surface area contributed by atoms with Crippen LogP contribution in [0.3, 0.4) is 0 Å². The van der Waals surface area contributed by atoms with Crippen molar-refractivity contribution in [1.29, 1.82) is 0 Å². The fraction of sp³-hybridized carbons (Fsp3) is 0.500. The van der Waals surface area contributed by atoms with E-state index in [1.54, 1.807) is 18.2 Å². The molecule has 1 N–H and O–H groups in total. The molecular weight excluding hydrogens is 252 g/mol. The van der Waals surface area contributed by atoms with Gasteiger partial charge < -0.3 is 9.67 Å². The van der Waals surface area contributed by atoms with Gasteiger partial charge in [0.05, 0.1) is 16.6 Å². The fourth-order valence-corrected chi connectivity index (χ4v) is 2.58. The summed E-state index contributed by atoms with van der Waals surface area (Å²) >= 11 is 0. The highest BCUT2D eigenvalue weighted by Crippen LogP contribution is 2.22. The van der Waals surface area contributed by atoms with Crippen LogP contribution in [0.15, 0.2) is 18.2 Å². The van der Waals surface area contributed by atoms with E-state index in [2.05, 4.69) is 30.3 Å². The van der Waals surface area contributed by atoms with Crippen LogP contribution in [-0.4, -0.2) is 20.6 Å². The van der Waals surface area contributed by atoms with Crippen molar-refractivity contribution in [3.8, 4) is 0 Å². The second-order valence-corrected chi connectivity index (χ2v) is 5.18. The minimum absolute atomic E-state index is 0.325. The Labute approximate surface area is 119 Å². The van der Waals surface area contributed by atoms with Crippen molar-refractivity contribution in [2.75, 3.05) is 0 Å². The predicted molar refractivity (Wildman–Crippen MR) is 80.1 cm³/mol. The van der Waals surface area contributed by atoms with E-state index in [0.29, 0.717) is 11.5 Å². The summed E-state index contributed by atoms with van der Waals surface area (Å²) in [5, 5.41) is 9.14. The largest absolute Gasteiger partial charge is 0.478 e. The number of imidazole rings is 1. The van der Waals surface area contributed by atoms with Crippen LogP contribution in [0.2, 0.25) is 0 Å². The highest BCUT2D eigenvalue weighted by molar-refractivity contribution is 5.92. The number of carboxylic acid groups (broad SMARTS) is 1. The highest BCUT2D eigenvalue weighted by Gasteiger charge is 2.14. The number of benzene rings is 1. The average Bonchev–Trinajstić information content (AvgIpc) is 2.81. The van der Waals surface area contributed by atoms with Crippen molar-refractivity contribution in [1.82, 2.24) is 9.55 Å². The number of fused-ring (bicyclic) bond motifs is 1. The molecule has 0 spiro atoms. The lowest BCUT2D eigenvalue weighted by atomic mass is 10.0. The summed E-state index contributed by atoms with van der Waals surface area (Å²) in [4.78, 5) is 15.8. The Morgan fingerprint density at radius 1 is 1.30 bits per heavy atom. The average molecular weight is 274 g/mol. The normalized spacial score (nSPS) is 11.4. The summed E-state index contributed by atoms with van der Waals surface area (Å²) in [6, 6.07) is 5.17. The first-order valence-electron chi connectivity index (χ1n) is 7.33. The Bertz CT molecular complexity index is 612. The van der Waals surface area contributed by atoms with E-state index in [4.69, 9.17) is 5.11 Å². The standard InChI is InChI=1S/C16H22N2O2/c1-4-11(5-2)10-18-14-9-12(16(19)20)7-8-13(14)17-15(18)6-3/h7-9,11H,4-6,10H2,1-3H3,(H,19,20). The molecule has 108 valence electrons. The van der Waals surface area contributed by atoms with Gasteiger partial charge in [0, 0.05) is 13.0 Å². The molecular formula is C16H22N2O2. The molecule has 2 aromatic rings. The molecule has 2 rings (SSSR count). The zero-order valence-electron chi connectivity index (χ0n) is 12.4. The Hall–Kier alpha value is -1.84. The fourth-order valence-electron chi connectivity index (χ4n) is 2.58. The lowest BCUT2D eigenvalue weighted by Crippen LogP contribution is -2.12. The van der Waals surface area contributed by atoms with Gasteiger partial charge in [0.25, 0.3) is 0 Å². The molecule has 20 heavy (non-hydrogen) atoms. The topological polar surface area (TPSA) is 55.1 Å². The lowest BCUT2D eigenvalue weighted by molar-refractivity contribution is 0.0697. The Balaban J connectivity index is 2.53. The summed E-state index contributed by atoms with van der Waals surface area (Å²) in [5.41, 5.74) is 2.15. The highest BCUT2D eigenvalue weighted by atomic mass is 16.4. The number of carboxylic acids is 1. The number of rotatable bonds is 6. The van der Waals surface area contributed by atoms with Gasteiger partial charge in [-0.25, -0.2) is 9.78 Å². The summed E-state index contributed by atoms with van der Waals surface area (Å²) in [6.45, 7) is 7.39. The van der Waals surface area contributed by atoms with Crippen molar-refractivity contribution in [3.05, 3.63) is 29.6 Å². The zero-order chi connectivity index (χ0) is 14.7. The van der Waals surface area contributed by atoms with Gasteiger partial charge in [-0.3, -0.25) is 0 Å². The van der Waals surface area contributed by atoms with Crippen LogP contribution in [0.5, 0.6) is 0 Å².